The Morgan fingerprint density at radius 2 is 2.00 bits per heavy atom. The zero-order valence-electron chi connectivity index (χ0n) is 11.1. The first-order chi connectivity index (χ1) is 9.60. The maximum Gasteiger partial charge on any atom is 0.123 e. The molecule has 0 aliphatic carbocycles. The standard InChI is InChI=1S/C16H15Br2ClO/c1-2-20-16-7-6-12(17)10-14(16)15(18)9-11-4-3-5-13(19)8-11/h3-8,10,15H,2,9H2,1H3. The largest absolute Gasteiger partial charge is 0.494 e. The summed E-state index contributed by atoms with van der Waals surface area (Å²) in [5.74, 6) is 0.916. The van der Waals surface area contributed by atoms with Crippen molar-refractivity contribution in [3.63, 3.8) is 0 Å². The predicted octanol–water partition coefficient (Wildman–Crippen LogP) is 6.18. The molecule has 2 rings (SSSR count). The van der Waals surface area contributed by atoms with Gasteiger partial charge in [0, 0.05) is 19.9 Å². The fourth-order valence-corrected chi connectivity index (χ4v) is 3.36. The molecular formula is C16H15Br2ClO. The van der Waals surface area contributed by atoms with Gasteiger partial charge in [0.2, 0.25) is 0 Å². The van der Waals surface area contributed by atoms with Crippen molar-refractivity contribution < 1.29 is 4.74 Å². The van der Waals surface area contributed by atoms with E-state index in [0.717, 1.165) is 27.2 Å². The maximum absolute atomic E-state index is 6.03. The molecule has 2 aromatic rings. The van der Waals surface area contributed by atoms with Crippen molar-refractivity contribution in [1.29, 1.82) is 0 Å². The zero-order chi connectivity index (χ0) is 14.5. The van der Waals surface area contributed by atoms with Crippen LogP contribution in [-0.4, -0.2) is 6.61 Å². The first kappa shape index (κ1) is 15.9. The van der Waals surface area contributed by atoms with Gasteiger partial charge in [-0.3, -0.25) is 0 Å². The summed E-state index contributed by atoms with van der Waals surface area (Å²) < 4.78 is 6.75. The molecule has 0 aliphatic heterocycles. The fraction of sp³-hybridized carbons (Fsp3) is 0.250. The average molecular weight is 419 g/mol. The Hall–Kier alpha value is -0.510. The topological polar surface area (TPSA) is 9.23 Å². The summed E-state index contributed by atoms with van der Waals surface area (Å²) >= 11 is 13.3. The highest BCUT2D eigenvalue weighted by Crippen LogP contribution is 2.36. The molecule has 0 fully saturated rings. The van der Waals surface area contributed by atoms with Crippen LogP contribution in [0.3, 0.4) is 0 Å². The summed E-state index contributed by atoms with van der Waals surface area (Å²) in [6.07, 6.45) is 0.858. The lowest BCUT2D eigenvalue weighted by atomic mass is 10.0. The van der Waals surface area contributed by atoms with E-state index in [4.69, 9.17) is 16.3 Å². The van der Waals surface area contributed by atoms with Crippen molar-refractivity contribution in [3.8, 4) is 5.75 Å². The molecule has 1 atom stereocenters. The quantitative estimate of drug-likeness (QED) is 0.527. The van der Waals surface area contributed by atoms with Gasteiger partial charge in [0.05, 0.1) is 6.61 Å². The molecule has 0 N–H and O–H groups in total. The van der Waals surface area contributed by atoms with Crippen molar-refractivity contribution in [1.82, 2.24) is 0 Å². The Kier molecular flexibility index (Phi) is 5.94. The minimum absolute atomic E-state index is 0.181. The summed E-state index contributed by atoms with van der Waals surface area (Å²) in [6, 6.07) is 14.0. The van der Waals surface area contributed by atoms with Gasteiger partial charge in [-0.25, -0.2) is 0 Å². The fourth-order valence-electron chi connectivity index (χ4n) is 2.03. The molecule has 0 saturated carbocycles. The molecule has 0 amide bonds. The number of rotatable bonds is 5. The van der Waals surface area contributed by atoms with Crippen LogP contribution in [0.2, 0.25) is 5.02 Å². The number of halogens is 3. The molecule has 106 valence electrons. The van der Waals surface area contributed by atoms with Crippen LogP contribution in [0.5, 0.6) is 5.75 Å². The molecule has 0 heterocycles. The van der Waals surface area contributed by atoms with E-state index in [0.29, 0.717) is 6.61 Å². The second-order valence-corrected chi connectivity index (χ2v) is 6.87. The molecule has 20 heavy (non-hydrogen) atoms. The molecule has 0 bridgehead atoms. The Labute approximate surface area is 141 Å². The SMILES string of the molecule is CCOc1ccc(Br)cc1C(Br)Cc1cccc(Cl)c1. The van der Waals surface area contributed by atoms with Crippen LogP contribution in [0.15, 0.2) is 46.9 Å². The van der Waals surface area contributed by atoms with Crippen molar-refractivity contribution in [2.45, 2.75) is 18.2 Å². The van der Waals surface area contributed by atoms with Crippen LogP contribution in [0.25, 0.3) is 0 Å². The molecule has 0 radical (unpaired) electrons. The molecular weight excluding hydrogens is 403 g/mol. The van der Waals surface area contributed by atoms with Crippen LogP contribution < -0.4 is 4.74 Å². The van der Waals surface area contributed by atoms with Crippen LogP contribution in [0.4, 0.5) is 0 Å². The van der Waals surface area contributed by atoms with Crippen molar-refractivity contribution in [2.75, 3.05) is 6.61 Å². The van der Waals surface area contributed by atoms with E-state index in [1.165, 1.54) is 5.56 Å². The summed E-state index contributed by atoms with van der Waals surface area (Å²) in [5.41, 5.74) is 2.34. The Morgan fingerprint density at radius 1 is 1.20 bits per heavy atom. The smallest absolute Gasteiger partial charge is 0.123 e. The van der Waals surface area contributed by atoms with Crippen molar-refractivity contribution in [2.24, 2.45) is 0 Å². The summed E-state index contributed by atoms with van der Waals surface area (Å²) in [7, 11) is 0. The highest BCUT2D eigenvalue weighted by molar-refractivity contribution is 9.10. The highest BCUT2D eigenvalue weighted by Gasteiger charge is 2.15. The van der Waals surface area contributed by atoms with Crippen LogP contribution >= 0.6 is 43.5 Å². The van der Waals surface area contributed by atoms with Gasteiger partial charge in [-0.1, -0.05) is 55.6 Å². The van der Waals surface area contributed by atoms with Gasteiger partial charge >= 0.3 is 0 Å². The van der Waals surface area contributed by atoms with Crippen LogP contribution in [0.1, 0.15) is 22.9 Å². The minimum Gasteiger partial charge on any atom is -0.494 e. The molecule has 0 spiro atoms. The van der Waals surface area contributed by atoms with Crippen molar-refractivity contribution in [3.05, 3.63) is 63.1 Å². The molecule has 1 unspecified atom stereocenters. The van der Waals surface area contributed by atoms with Crippen molar-refractivity contribution >= 4 is 43.5 Å². The number of benzene rings is 2. The number of alkyl halides is 1. The number of hydrogen-bond acceptors (Lipinski definition) is 1. The molecule has 4 heteroatoms. The summed E-state index contributed by atoms with van der Waals surface area (Å²) in [5, 5.41) is 0.765. The van der Waals surface area contributed by atoms with Gasteiger partial charge in [-0.2, -0.15) is 0 Å². The lowest BCUT2D eigenvalue weighted by Crippen LogP contribution is -2.01. The highest BCUT2D eigenvalue weighted by atomic mass is 79.9. The van der Waals surface area contributed by atoms with E-state index < -0.39 is 0 Å². The van der Waals surface area contributed by atoms with Gasteiger partial charge in [-0.05, 0) is 49.2 Å². The first-order valence-corrected chi connectivity index (χ1v) is 8.49. The van der Waals surface area contributed by atoms with E-state index in [1.807, 2.05) is 37.3 Å². The second-order valence-electron chi connectivity index (χ2n) is 4.42. The Bertz CT molecular complexity index is 586. The minimum atomic E-state index is 0.181. The van der Waals surface area contributed by atoms with Gasteiger partial charge in [0.15, 0.2) is 0 Å². The normalized spacial score (nSPS) is 12.2. The third kappa shape index (κ3) is 4.24. The lowest BCUT2D eigenvalue weighted by Gasteiger charge is -2.16. The second kappa shape index (κ2) is 7.48. The molecule has 0 aromatic heterocycles. The third-order valence-corrected chi connectivity index (χ3v) is 4.46. The van der Waals surface area contributed by atoms with E-state index in [-0.39, 0.29) is 4.83 Å². The summed E-state index contributed by atoms with van der Waals surface area (Å²) in [6.45, 7) is 2.65. The van der Waals surface area contributed by atoms with Gasteiger partial charge in [-0.15, -0.1) is 0 Å². The number of ether oxygens (including phenoxy) is 1. The zero-order valence-corrected chi connectivity index (χ0v) is 15.0. The van der Waals surface area contributed by atoms with E-state index in [9.17, 15) is 0 Å². The lowest BCUT2D eigenvalue weighted by molar-refractivity contribution is 0.336. The summed E-state index contributed by atoms with van der Waals surface area (Å²) in [4.78, 5) is 0.181. The molecule has 0 aliphatic rings. The molecule has 2 aromatic carbocycles. The van der Waals surface area contributed by atoms with Gasteiger partial charge in [0.25, 0.3) is 0 Å². The monoisotopic (exact) mass is 416 g/mol. The number of hydrogen-bond donors (Lipinski definition) is 0. The van der Waals surface area contributed by atoms with E-state index in [2.05, 4.69) is 44.0 Å². The van der Waals surface area contributed by atoms with Crippen LogP contribution in [0, 0.1) is 0 Å². The van der Waals surface area contributed by atoms with E-state index >= 15 is 0 Å². The Morgan fingerprint density at radius 3 is 2.70 bits per heavy atom. The maximum atomic E-state index is 6.03. The third-order valence-electron chi connectivity index (χ3n) is 2.91. The molecule has 1 nitrogen and oxygen atoms in total. The Balaban J connectivity index is 2.23. The predicted molar refractivity (Wildman–Crippen MR) is 92.1 cm³/mol. The molecule has 0 saturated heterocycles. The van der Waals surface area contributed by atoms with Gasteiger partial charge in [0.1, 0.15) is 5.75 Å². The van der Waals surface area contributed by atoms with E-state index in [1.54, 1.807) is 0 Å². The first-order valence-electron chi connectivity index (χ1n) is 6.41. The van der Waals surface area contributed by atoms with Gasteiger partial charge < -0.3 is 4.74 Å². The van der Waals surface area contributed by atoms with Crippen LogP contribution in [-0.2, 0) is 6.42 Å². The average Bonchev–Trinajstić information content (AvgIpc) is 2.41.